The fourth-order valence-corrected chi connectivity index (χ4v) is 2.98. The molecular formula is C15H24N4O5. The van der Waals surface area contributed by atoms with Gasteiger partial charge in [-0.15, -0.1) is 0 Å². The van der Waals surface area contributed by atoms with E-state index in [1.165, 1.54) is 23.8 Å². The van der Waals surface area contributed by atoms with Crippen LogP contribution in [0.4, 0.5) is 0 Å². The Morgan fingerprint density at radius 1 is 1.33 bits per heavy atom. The lowest BCUT2D eigenvalue weighted by atomic mass is 10.0. The minimum absolute atomic E-state index is 0.116. The number of piperazine rings is 1. The summed E-state index contributed by atoms with van der Waals surface area (Å²) in [5.74, 6) is -1.10. The zero-order valence-corrected chi connectivity index (χ0v) is 14.0. The first-order chi connectivity index (χ1) is 11.4. The average Bonchev–Trinajstić information content (AvgIpc) is 2.56. The highest BCUT2D eigenvalue weighted by atomic mass is 16.5. The maximum Gasteiger partial charge on any atom is 0.249 e. The number of methoxy groups -OCH3 is 1. The molecule has 0 radical (unpaired) electrons. The topological polar surface area (TPSA) is 108 Å². The van der Waals surface area contributed by atoms with Gasteiger partial charge in [-0.1, -0.05) is 0 Å². The fourth-order valence-electron chi connectivity index (χ4n) is 2.98. The van der Waals surface area contributed by atoms with Crippen molar-refractivity contribution in [3.63, 3.8) is 0 Å². The molecule has 0 unspecified atom stereocenters. The predicted molar refractivity (Wildman–Crippen MR) is 83.8 cm³/mol. The Morgan fingerprint density at radius 2 is 2.08 bits per heavy atom. The molecule has 2 saturated heterocycles. The number of carbonyl (C=O) groups excluding carboxylic acids is 4. The molecule has 2 aliphatic rings. The predicted octanol–water partition coefficient (Wildman–Crippen LogP) is -1.91. The maximum absolute atomic E-state index is 12.6. The molecule has 2 heterocycles. The van der Waals surface area contributed by atoms with E-state index < -0.39 is 18.0 Å². The molecule has 9 heteroatoms. The second kappa shape index (κ2) is 8.09. The molecular weight excluding hydrogens is 316 g/mol. The summed E-state index contributed by atoms with van der Waals surface area (Å²) in [5, 5.41) is 5.40. The smallest absolute Gasteiger partial charge is 0.249 e. The number of ether oxygens (including phenoxy) is 1. The molecule has 2 fully saturated rings. The monoisotopic (exact) mass is 340 g/mol. The van der Waals surface area contributed by atoms with Gasteiger partial charge in [-0.25, -0.2) is 0 Å². The van der Waals surface area contributed by atoms with Gasteiger partial charge in [-0.3, -0.25) is 19.2 Å². The molecule has 9 nitrogen and oxygen atoms in total. The van der Waals surface area contributed by atoms with Gasteiger partial charge in [0.1, 0.15) is 18.7 Å². The van der Waals surface area contributed by atoms with E-state index in [1.54, 1.807) is 0 Å². The minimum atomic E-state index is -0.819. The lowest BCUT2D eigenvalue weighted by Gasteiger charge is -2.40. The Morgan fingerprint density at radius 3 is 2.71 bits per heavy atom. The first-order valence-corrected chi connectivity index (χ1v) is 8.06. The van der Waals surface area contributed by atoms with E-state index in [1.807, 2.05) is 0 Å². The molecule has 4 amide bonds. The standard InChI is InChI=1S/C15H24N4O5/c1-10(20)18-6-7-19(13(21)9-24-2)12(8-18)15(23)17-11-4-3-5-16-14(11)22/h11-12H,3-9H2,1-2H3,(H,16,22)(H,17,23)/t11-,12-/m0/s1. The molecule has 2 aliphatic heterocycles. The van der Waals surface area contributed by atoms with Crippen LogP contribution in [0.5, 0.6) is 0 Å². The van der Waals surface area contributed by atoms with E-state index in [9.17, 15) is 19.2 Å². The molecule has 0 aromatic rings. The summed E-state index contributed by atoms with van der Waals surface area (Å²) >= 11 is 0. The third kappa shape index (κ3) is 4.22. The van der Waals surface area contributed by atoms with Crippen LogP contribution in [0.1, 0.15) is 19.8 Å². The number of rotatable bonds is 4. The fraction of sp³-hybridized carbons (Fsp3) is 0.733. The molecule has 0 aromatic heterocycles. The van der Waals surface area contributed by atoms with E-state index >= 15 is 0 Å². The van der Waals surface area contributed by atoms with Crippen molar-refractivity contribution in [3.8, 4) is 0 Å². The lowest BCUT2D eigenvalue weighted by Crippen LogP contribution is -2.63. The molecule has 0 spiro atoms. The summed E-state index contributed by atoms with van der Waals surface area (Å²) in [6.45, 7) is 2.65. The number of hydrogen-bond donors (Lipinski definition) is 2. The SMILES string of the molecule is COCC(=O)N1CCN(C(C)=O)C[C@H]1C(=O)N[C@H]1CCCNC1=O. The van der Waals surface area contributed by atoms with Gasteiger partial charge in [0, 0.05) is 33.7 Å². The Bertz CT molecular complexity index is 524. The van der Waals surface area contributed by atoms with Crippen molar-refractivity contribution in [2.45, 2.75) is 31.8 Å². The van der Waals surface area contributed by atoms with E-state index in [0.29, 0.717) is 19.5 Å². The highest BCUT2D eigenvalue weighted by Crippen LogP contribution is 2.13. The Kier molecular flexibility index (Phi) is 6.13. The number of piperidine rings is 1. The zero-order chi connectivity index (χ0) is 17.7. The average molecular weight is 340 g/mol. The molecule has 0 bridgehead atoms. The van der Waals surface area contributed by atoms with Gasteiger partial charge >= 0.3 is 0 Å². The van der Waals surface area contributed by atoms with Crippen LogP contribution in [0.2, 0.25) is 0 Å². The van der Waals surface area contributed by atoms with Crippen molar-refractivity contribution in [2.24, 2.45) is 0 Å². The molecule has 2 atom stereocenters. The summed E-state index contributed by atoms with van der Waals surface area (Å²) < 4.78 is 4.86. The van der Waals surface area contributed by atoms with E-state index in [2.05, 4.69) is 10.6 Å². The zero-order valence-electron chi connectivity index (χ0n) is 14.0. The van der Waals surface area contributed by atoms with E-state index in [-0.39, 0.29) is 37.4 Å². The van der Waals surface area contributed by atoms with Crippen LogP contribution in [0, 0.1) is 0 Å². The van der Waals surface area contributed by atoms with Gasteiger partial charge in [-0.05, 0) is 12.8 Å². The third-order valence-electron chi connectivity index (χ3n) is 4.32. The van der Waals surface area contributed by atoms with Crippen LogP contribution in [0.3, 0.4) is 0 Å². The summed E-state index contributed by atoms with van der Waals surface area (Å²) in [4.78, 5) is 51.2. The summed E-state index contributed by atoms with van der Waals surface area (Å²) in [5.41, 5.74) is 0. The van der Waals surface area contributed by atoms with Crippen molar-refractivity contribution >= 4 is 23.6 Å². The van der Waals surface area contributed by atoms with Gasteiger partial charge in [0.05, 0.1) is 6.54 Å². The van der Waals surface area contributed by atoms with Crippen molar-refractivity contribution in [1.82, 2.24) is 20.4 Å². The second-order valence-electron chi connectivity index (χ2n) is 6.00. The van der Waals surface area contributed by atoms with E-state index in [0.717, 1.165) is 6.42 Å². The number of carbonyl (C=O) groups is 4. The first-order valence-electron chi connectivity index (χ1n) is 8.06. The third-order valence-corrected chi connectivity index (χ3v) is 4.32. The van der Waals surface area contributed by atoms with Crippen LogP contribution in [-0.2, 0) is 23.9 Å². The van der Waals surface area contributed by atoms with Crippen LogP contribution < -0.4 is 10.6 Å². The van der Waals surface area contributed by atoms with Crippen molar-refractivity contribution < 1.29 is 23.9 Å². The molecule has 134 valence electrons. The van der Waals surface area contributed by atoms with Gasteiger partial charge in [0.15, 0.2) is 0 Å². The highest BCUT2D eigenvalue weighted by Gasteiger charge is 2.37. The highest BCUT2D eigenvalue weighted by molar-refractivity contribution is 5.93. The Balaban J connectivity index is 2.09. The number of nitrogens with one attached hydrogen (secondary N) is 2. The lowest BCUT2D eigenvalue weighted by molar-refractivity contribution is -0.150. The van der Waals surface area contributed by atoms with Crippen LogP contribution >= 0.6 is 0 Å². The van der Waals surface area contributed by atoms with Crippen LogP contribution in [-0.4, -0.2) is 85.4 Å². The molecule has 24 heavy (non-hydrogen) atoms. The summed E-state index contributed by atoms with van der Waals surface area (Å²) in [7, 11) is 1.41. The second-order valence-corrected chi connectivity index (χ2v) is 6.00. The van der Waals surface area contributed by atoms with Gasteiger partial charge < -0.3 is 25.2 Å². The minimum Gasteiger partial charge on any atom is -0.375 e. The van der Waals surface area contributed by atoms with Gasteiger partial charge in [-0.2, -0.15) is 0 Å². The molecule has 0 aliphatic carbocycles. The summed E-state index contributed by atoms with van der Waals surface area (Å²) in [6.07, 6.45) is 1.35. The van der Waals surface area contributed by atoms with Crippen molar-refractivity contribution in [1.29, 1.82) is 0 Å². The maximum atomic E-state index is 12.6. The van der Waals surface area contributed by atoms with Gasteiger partial charge in [0.25, 0.3) is 0 Å². The molecule has 0 saturated carbocycles. The Hall–Kier alpha value is -2.16. The van der Waals surface area contributed by atoms with Gasteiger partial charge in [0.2, 0.25) is 23.6 Å². The number of hydrogen-bond acceptors (Lipinski definition) is 5. The first kappa shape index (κ1) is 18.2. The Labute approximate surface area is 140 Å². The largest absolute Gasteiger partial charge is 0.375 e. The quantitative estimate of drug-likeness (QED) is 0.621. The molecule has 2 N–H and O–H groups in total. The van der Waals surface area contributed by atoms with E-state index in [4.69, 9.17) is 4.74 Å². The normalized spacial score (nSPS) is 24.3. The van der Waals surface area contributed by atoms with Crippen LogP contribution in [0.25, 0.3) is 0 Å². The molecule has 0 aromatic carbocycles. The van der Waals surface area contributed by atoms with Crippen molar-refractivity contribution in [2.75, 3.05) is 39.9 Å². The number of amides is 4. The van der Waals surface area contributed by atoms with Crippen LogP contribution in [0.15, 0.2) is 0 Å². The molecule has 2 rings (SSSR count). The number of nitrogens with zero attached hydrogens (tertiary/aromatic N) is 2. The summed E-state index contributed by atoms with van der Waals surface area (Å²) in [6, 6.07) is -1.42. The van der Waals surface area contributed by atoms with Crippen molar-refractivity contribution in [3.05, 3.63) is 0 Å².